The zero-order chi connectivity index (χ0) is 13.0. The van der Waals surface area contributed by atoms with E-state index in [0.717, 1.165) is 18.5 Å². The average Bonchev–Trinajstić information content (AvgIpc) is 2.82. The normalized spacial score (nSPS) is 20.2. The molecule has 1 aromatic carbocycles. The summed E-state index contributed by atoms with van der Waals surface area (Å²) in [7, 11) is -1.57. The zero-order valence-electron chi connectivity index (χ0n) is 10.3. The molecule has 0 aromatic heterocycles. The van der Waals surface area contributed by atoms with Gasteiger partial charge in [-0.25, -0.2) is 13.1 Å². The van der Waals surface area contributed by atoms with Crippen LogP contribution < -0.4 is 10.0 Å². The first-order valence-corrected chi connectivity index (χ1v) is 7.44. The van der Waals surface area contributed by atoms with Crippen molar-refractivity contribution in [2.75, 3.05) is 20.3 Å². The van der Waals surface area contributed by atoms with Gasteiger partial charge in [0.25, 0.3) is 0 Å². The van der Waals surface area contributed by atoms with Crippen molar-refractivity contribution in [2.45, 2.75) is 23.9 Å². The number of hydrogen-bond donors (Lipinski definition) is 2. The fourth-order valence-corrected chi connectivity index (χ4v) is 3.16. The lowest BCUT2D eigenvalue weighted by molar-refractivity contribution is 0.192. The third-order valence-corrected chi connectivity index (χ3v) is 4.40. The summed E-state index contributed by atoms with van der Waals surface area (Å²) in [6, 6.07) is 6.79. The lowest BCUT2D eigenvalue weighted by atomic mass is 10.2. The van der Waals surface area contributed by atoms with Crippen molar-refractivity contribution in [3.05, 3.63) is 29.8 Å². The molecule has 100 valence electrons. The van der Waals surface area contributed by atoms with E-state index in [1.54, 1.807) is 12.1 Å². The van der Waals surface area contributed by atoms with Gasteiger partial charge < -0.3 is 10.1 Å². The van der Waals surface area contributed by atoms with Gasteiger partial charge in [-0.15, -0.1) is 0 Å². The molecule has 1 fully saturated rings. The first-order valence-electron chi connectivity index (χ1n) is 5.95. The van der Waals surface area contributed by atoms with Crippen LogP contribution in [0.2, 0.25) is 0 Å². The Labute approximate surface area is 108 Å². The van der Waals surface area contributed by atoms with Crippen molar-refractivity contribution in [1.82, 2.24) is 10.0 Å². The Morgan fingerprint density at radius 2 is 2.06 bits per heavy atom. The van der Waals surface area contributed by atoms with E-state index in [1.165, 1.54) is 0 Å². The highest BCUT2D eigenvalue weighted by Crippen LogP contribution is 2.13. The first-order chi connectivity index (χ1) is 8.62. The predicted octanol–water partition coefficient (Wildman–Crippen LogP) is 0.473. The van der Waals surface area contributed by atoms with Gasteiger partial charge >= 0.3 is 0 Å². The molecule has 0 aliphatic carbocycles. The maximum absolute atomic E-state index is 12.1. The number of ether oxygens (including phenoxy) is 1. The molecule has 1 atom stereocenters. The molecule has 6 heteroatoms. The van der Waals surface area contributed by atoms with E-state index in [-0.39, 0.29) is 6.04 Å². The first kappa shape index (κ1) is 13.5. The second-order valence-electron chi connectivity index (χ2n) is 4.36. The summed E-state index contributed by atoms with van der Waals surface area (Å²) in [5.41, 5.74) is 1.06. The Morgan fingerprint density at radius 3 is 2.61 bits per heavy atom. The van der Waals surface area contributed by atoms with Crippen LogP contribution in [0.15, 0.2) is 29.2 Å². The molecule has 18 heavy (non-hydrogen) atoms. The van der Waals surface area contributed by atoms with Crippen LogP contribution in [-0.2, 0) is 21.3 Å². The van der Waals surface area contributed by atoms with Crippen molar-refractivity contribution in [3.63, 3.8) is 0 Å². The van der Waals surface area contributed by atoms with Crippen LogP contribution in [-0.4, -0.2) is 34.7 Å². The Hall–Kier alpha value is -0.950. The summed E-state index contributed by atoms with van der Waals surface area (Å²) < 4.78 is 32.0. The lowest BCUT2D eigenvalue weighted by Gasteiger charge is -2.11. The number of rotatable bonds is 5. The van der Waals surface area contributed by atoms with Crippen LogP contribution in [0.4, 0.5) is 0 Å². The summed E-state index contributed by atoms with van der Waals surface area (Å²) >= 11 is 0. The minimum Gasteiger partial charge on any atom is -0.380 e. The molecule has 0 saturated carbocycles. The Morgan fingerprint density at radius 1 is 1.33 bits per heavy atom. The fourth-order valence-electron chi connectivity index (χ4n) is 1.91. The van der Waals surface area contributed by atoms with E-state index < -0.39 is 10.0 Å². The highest BCUT2D eigenvalue weighted by Gasteiger charge is 2.23. The number of benzene rings is 1. The molecule has 1 aromatic rings. The second-order valence-corrected chi connectivity index (χ2v) is 6.07. The third-order valence-electron chi connectivity index (χ3n) is 2.87. The molecule has 1 aliphatic rings. The van der Waals surface area contributed by atoms with Crippen LogP contribution in [0, 0.1) is 0 Å². The molecule has 0 radical (unpaired) electrons. The predicted molar refractivity (Wildman–Crippen MR) is 68.8 cm³/mol. The Bertz CT molecular complexity index is 479. The van der Waals surface area contributed by atoms with Gasteiger partial charge in [0.2, 0.25) is 10.0 Å². The minimum atomic E-state index is -3.43. The summed E-state index contributed by atoms with van der Waals surface area (Å²) in [4.78, 5) is 0.300. The summed E-state index contributed by atoms with van der Waals surface area (Å²) in [6.45, 7) is 1.80. The molecule has 1 saturated heterocycles. The number of nitrogens with one attached hydrogen (secondary N) is 2. The van der Waals surface area contributed by atoms with E-state index >= 15 is 0 Å². The third kappa shape index (κ3) is 3.29. The molecular formula is C12H18N2O3S. The molecule has 2 N–H and O–H groups in total. The molecule has 0 bridgehead atoms. The standard InChI is InChI=1S/C12H18N2O3S/c1-13-8-10-2-4-12(5-3-10)18(15,16)14-11-6-7-17-9-11/h2-5,11,13-14H,6-9H2,1H3. The molecule has 1 aliphatic heterocycles. The van der Waals surface area contributed by atoms with Gasteiger partial charge in [-0.3, -0.25) is 0 Å². The maximum Gasteiger partial charge on any atom is 0.240 e. The van der Waals surface area contributed by atoms with Gasteiger partial charge in [0.1, 0.15) is 0 Å². The summed E-state index contributed by atoms with van der Waals surface area (Å²) in [6.07, 6.45) is 0.733. The van der Waals surface area contributed by atoms with Crippen LogP contribution in [0.1, 0.15) is 12.0 Å². The average molecular weight is 270 g/mol. The van der Waals surface area contributed by atoms with Gasteiger partial charge in [0.15, 0.2) is 0 Å². The fraction of sp³-hybridized carbons (Fsp3) is 0.500. The van der Waals surface area contributed by atoms with Crippen LogP contribution in [0.5, 0.6) is 0 Å². The Balaban J connectivity index is 2.08. The maximum atomic E-state index is 12.1. The molecule has 1 unspecified atom stereocenters. The topological polar surface area (TPSA) is 67.4 Å². The second kappa shape index (κ2) is 5.79. The quantitative estimate of drug-likeness (QED) is 0.816. The molecule has 0 amide bonds. The van der Waals surface area contributed by atoms with Gasteiger partial charge in [-0.2, -0.15) is 0 Å². The zero-order valence-corrected chi connectivity index (χ0v) is 11.2. The summed E-state index contributed by atoms with van der Waals surface area (Å²) in [5.74, 6) is 0. The van der Waals surface area contributed by atoms with Gasteiger partial charge in [-0.05, 0) is 31.2 Å². The van der Waals surface area contributed by atoms with Crippen molar-refractivity contribution < 1.29 is 13.2 Å². The van der Waals surface area contributed by atoms with Crippen molar-refractivity contribution in [1.29, 1.82) is 0 Å². The number of hydrogen-bond acceptors (Lipinski definition) is 4. The van der Waals surface area contributed by atoms with Crippen molar-refractivity contribution >= 4 is 10.0 Å². The van der Waals surface area contributed by atoms with Crippen LogP contribution >= 0.6 is 0 Å². The SMILES string of the molecule is CNCc1ccc(S(=O)(=O)NC2CCOC2)cc1. The van der Waals surface area contributed by atoms with Gasteiger partial charge in [0.05, 0.1) is 11.5 Å². The largest absolute Gasteiger partial charge is 0.380 e. The molecule has 0 spiro atoms. The molecule has 1 heterocycles. The van der Waals surface area contributed by atoms with Crippen LogP contribution in [0.25, 0.3) is 0 Å². The van der Waals surface area contributed by atoms with Gasteiger partial charge in [-0.1, -0.05) is 12.1 Å². The smallest absolute Gasteiger partial charge is 0.240 e. The van der Waals surface area contributed by atoms with E-state index in [9.17, 15) is 8.42 Å². The van der Waals surface area contributed by atoms with E-state index in [0.29, 0.717) is 18.1 Å². The lowest BCUT2D eigenvalue weighted by Crippen LogP contribution is -2.34. The van der Waals surface area contributed by atoms with Crippen LogP contribution in [0.3, 0.4) is 0 Å². The highest BCUT2D eigenvalue weighted by atomic mass is 32.2. The minimum absolute atomic E-state index is 0.105. The van der Waals surface area contributed by atoms with E-state index in [4.69, 9.17) is 4.74 Å². The molecule has 2 rings (SSSR count). The van der Waals surface area contributed by atoms with Gasteiger partial charge in [0, 0.05) is 19.2 Å². The number of sulfonamides is 1. The van der Waals surface area contributed by atoms with Crippen molar-refractivity contribution in [3.8, 4) is 0 Å². The Kier molecular flexibility index (Phi) is 4.34. The summed E-state index contributed by atoms with van der Waals surface area (Å²) in [5, 5.41) is 3.02. The molecular weight excluding hydrogens is 252 g/mol. The molecule has 5 nitrogen and oxygen atoms in total. The monoisotopic (exact) mass is 270 g/mol. The van der Waals surface area contributed by atoms with E-state index in [2.05, 4.69) is 10.0 Å². The van der Waals surface area contributed by atoms with Crippen molar-refractivity contribution in [2.24, 2.45) is 0 Å². The highest BCUT2D eigenvalue weighted by molar-refractivity contribution is 7.89. The van der Waals surface area contributed by atoms with E-state index in [1.807, 2.05) is 19.2 Å².